The summed E-state index contributed by atoms with van der Waals surface area (Å²) in [5.74, 6) is -0.222. The number of sulfonamides is 1. The first-order valence-electron chi connectivity index (χ1n) is 8.93. The van der Waals surface area contributed by atoms with Crippen LogP contribution < -0.4 is 9.46 Å². The summed E-state index contributed by atoms with van der Waals surface area (Å²) in [6, 6.07) is 4.07. The molecule has 1 aliphatic carbocycles. The molecule has 0 radical (unpaired) electrons. The number of aliphatic hydroxyl groups is 1. The second kappa shape index (κ2) is 9.36. The normalized spacial score (nSPS) is 16.4. The average molecular weight is 400 g/mol. The van der Waals surface area contributed by atoms with Gasteiger partial charge in [-0.05, 0) is 54.8 Å². The molecule has 0 saturated heterocycles. The largest absolute Gasteiger partial charge is 0.490 e. The number of nitrogens with one attached hydrogen (secondary N) is 1. The van der Waals surface area contributed by atoms with Gasteiger partial charge >= 0.3 is 0 Å². The number of nitrogens with zero attached hydrogens (tertiary/aromatic N) is 3. The quantitative estimate of drug-likeness (QED) is 0.242. The molecule has 0 unspecified atom stereocenters. The van der Waals surface area contributed by atoms with E-state index in [1.165, 1.54) is 18.2 Å². The zero-order valence-corrected chi connectivity index (χ0v) is 16.1. The van der Waals surface area contributed by atoms with Crippen molar-refractivity contribution in [1.82, 2.24) is 4.72 Å². The van der Waals surface area contributed by atoms with Gasteiger partial charge < -0.3 is 9.84 Å². The highest BCUT2D eigenvalue weighted by Gasteiger charge is 2.30. The Morgan fingerprint density at radius 1 is 1.48 bits per heavy atom. The minimum atomic E-state index is -3.64. The Kier molecular flexibility index (Phi) is 7.43. The lowest BCUT2D eigenvalue weighted by Gasteiger charge is -2.28. The summed E-state index contributed by atoms with van der Waals surface area (Å²) in [5.41, 5.74) is 7.09. The number of rotatable bonds is 12. The minimum Gasteiger partial charge on any atom is -0.490 e. The fourth-order valence-electron chi connectivity index (χ4n) is 2.50. The first-order chi connectivity index (χ1) is 12.8. The predicted molar refractivity (Wildman–Crippen MR) is 99.2 cm³/mol. The molecule has 1 atom stereocenters. The molecule has 0 aromatic heterocycles. The number of hydrogen-bond acceptors (Lipinski definition) is 5. The Morgan fingerprint density at radius 3 is 2.85 bits per heavy atom. The molecule has 0 spiro atoms. The van der Waals surface area contributed by atoms with E-state index in [2.05, 4.69) is 14.7 Å². The molecule has 27 heavy (non-hydrogen) atoms. The van der Waals surface area contributed by atoms with Crippen LogP contribution in [0.25, 0.3) is 10.4 Å². The molecule has 0 amide bonds. The van der Waals surface area contributed by atoms with Crippen molar-refractivity contribution in [3.05, 3.63) is 40.0 Å². The van der Waals surface area contributed by atoms with E-state index >= 15 is 0 Å². The van der Waals surface area contributed by atoms with E-state index < -0.39 is 21.4 Å². The van der Waals surface area contributed by atoms with Gasteiger partial charge in [-0.2, -0.15) is 0 Å². The summed E-state index contributed by atoms with van der Waals surface area (Å²) < 4.78 is 45.9. The van der Waals surface area contributed by atoms with E-state index in [-0.39, 0.29) is 37.4 Å². The van der Waals surface area contributed by atoms with Crippen LogP contribution in [0.3, 0.4) is 0 Å². The van der Waals surface area contributed by atoms with Gasteiger partial charge in [-0.3, -0.25) is 0 Å². The van der Waals surface area contributed by atoms with Crippen LogP contribution in [-0.4, -0.2) is 39.0 Å². The third-order valence-electron chi connectivity index (χ3n) is 4.54. The lowest BCUT2D eigenvalue weighted by molar-refractivity contribution is 0.0376. The van der Waals surface area contributed by atoms with Crippen LogP contribution in [0.1, 0.15) is 38.2 Å². The van der Waals surface area contributed by atoms with E-state index in [0.717, 1.165) is 12.8 Å². The highest BCUT2D eigenvalue weighted by Crippen LogP contribution is 2.32. The van der Waals surface area contributed by atoms with Crippen LogP contribution in [0.15, 0.2) is 23.3 Å². The first-order valence-corrected chi connectivity index (χ1v) is 10.6. The molecule has 150 valence electrons. The van der Waals surface area contributed by atoms with Crippen molar-refractivity contribution in [2.75, 3.05) is 25.4 Å². The molecular weight excluding hydrogens is 375 g/mol. The zero-order chi connectivity index (χ0) is 19.9. The van der Waals surface area contributed by atoms with Crippen LogP contribution in [0.2, 0.25) is 0 Å². The van der Waals surface area contributed by atoms with Crippen LogP contribution in [0.4, 0.5) is 4.39 Å². The van der Waals surface area contributed by atoms with Gasteiger partial charge in [-0.25, -0.2) is 17.5 Å². The molecule has 2 rings (SSSR count). The van der Waals surface area contributed by atoms with Crippen LogP contribution in [0.5, 0.6) is 5.75 Å². The molecule has 1 aliphatic rings. The summed E-state index contributed by atoms with van der Waals surface area (Å²) in [7, 11) is -3.64. The standard InChI is InChI=1S/C17H25FN4O4S/c1-2-17(23,12-21-27(24,25)9-3-8-20-22-19)14-6-7-15(18)16(10-14)26-11-13-4-5-13/h6-7,10,13,21,23H,2-5,8-9,11-12H2,1H3/t17-/m1/s1. The number of benzene rings is 1. The number of ether oxygens (including phenoxy) is 1. The highest BCUT2D eigenvalue weighted by atomic mass is 32.2. The van der Waals surface area contributed by atoms with Crippen molar-refractivity contribution in [1.29, 1.82) is 0 Å². The summed E-state index contributed by atoms with van der Waals surface area (Å²) in [4.78, 5) is 2.57. The van der Waals surface area contributed by atoms with Crippen molar-refractivity contribution in [3.63, 3.8) is 0 Å². The fraction of sp³-hybridized carbons (Fsp3) is 0.647. The molecule has 1 aromatic carbocycles. The molecular formula is C17H25FN4O4S. The smallest absolute Gasteiger partial charge is 0.211 e. The number of azide groups is 1. The van der Waals surface area contributed by atoms with Gasteiger partial charge in [0.05, 0.1) is 12.4 Å². The summed E-state index contributed by atoms with van der Waals surface area (Å²) in [6.07, 6.45) is 2.55. The predicted octanol–water partition coefficient (Wildman–Crippen LogP) is 2.83. The average Bonchev–Trinajstić information content (AvgIpc) is 3.47. The maximum atomic E-state index is 14.0. The van der Waals surface area contributed by atoms with Gasteiger partial charge in [-0.1, -0.05) is 18.1 Å². The Hall–Kier alpha value is -1.87. The van der Waals surface area contributed by atoms with Crippen molar-refractivity contribution in [3.8, 4) is 5.75 Å². The number of halogens is 1. The van der Waals surface area contributed by atoms with Gasteiger partial charge in [0.1, 0.15) is 5.60 Å². The van der Waals surface area contributed by atoms with Crippen molar-refractivity contribution in [2.45, 2.75) is 38.2 Å². The van der Waals surface area contributed by atoms with Crippen LogP contribution in [-0.2, 0) is 15.6 Å². The highest BCUT2D eigenvalue weighted by molar-refractivity contribution is 7.89. The van der Waals surface area contributed by atoms with E-state index in [4.69, 9.17) is 10.3 Å². The summed E-state index contributed by atoms with van der Waals surface area (Å²) in [5, 5.41) is 14.2. The fourth-order valence-corrected chi connectivity index (χ4v) is 3.61. The molecule has 1 fully saturated rings. The Morgan fingerprint density at radius 2 is 2.22 bits per heavy atom. The van der Waals surface area contributed by atoms with Crippen molar-refractivity contribution >= 4 is 10.0 Å². The topological polar surface area (TPSA) is 124 Å². The molecule has 1 saturated carbocycles. The van der Waals surface area contributed by atoms with Crippen LogP contribution >= 0.6 is 0 Å². The third-order valence-corrected chi connectivity index (χ3v) is 5.95. The van der Waals surface area contributed by atoms with Gasteiger partial charge in [0, 0.05) is 18.0 Å². The van der Waals surface area contributed by atoms with Gasteiger partial charge in [0.25, 0.3) is 0 Å². The molecule has 0 heterocycles. The molecule has 10 heteroatoms. The first kappa shape index (κ1) is 21.4. The molecule has 2 N–H and O–H groups in total. The molecule has 1 aromatic rings. The number of hydrogen-bond donors (Lipinski definition) is 2. The molecule has 8 nitrogen and oxygen atoms in total. The van der Waals surface area contributed by atoms with Gasteiger partial charge in [0.15, 0.2) is 11.6 Å². The van der Waals surface area contributed by atoms with Crippen molar-refractivity contribution in [2.24, 2.45) is 11.0 Å². The third kappa shape index (κ3) is 6.66. The SMILES string of the molecule is CC[C@@](O)(CNS(=O)(=O)CCCN=[N+]=[N-])c1ccc(F)c(OCC2CC2)c1. The van der Waals surface area contributed by atoms with Crippen LogP contribution in [0, 0.1) is 11.7 Å². The summed E-state index contributed by atoms with van der Waals surface area (Å²) in [6.45, 7) is 1.98. The Balaban J connectivity index is 2.04. The monoisotopic (exact) mass is 400 g/mol. The second-order valence-corrected chi connectivity index (χ2v) is 8.66. The van der Waals surface area contributed by atoms with Gasteiger partial charge in [0.2, 0.25) is 10.0 Å². The van der Waals surface area contributed by atoms with E-state index in [9.17, 15) is 17.9 Å². The molecule has 0 aliphatic heterocycles. The van der Waals surface area contributed by atoms with Crippen molar-refractivity contribution < 1.29 is 22.7 Å². The lowest BCUT2D eigenvalue weighted by atomic mass is 9.91. The van der Waals surface area contributed by atoms with E-state index in [1.54, 1.807) is 6.92 Å². The second-order valence-electron chi connectivity index (χ2n) is 6.73. The Labute approximate surface area is 158 Å². The Bertz CT molecular complexity index is 794. The molecule has 0 bridgehead atoms. The lowest BCUT2D eigenvalue weighted by Crippen LogP contribution is -2.41. The minimum absolute atomic E-state index is 0.0588. The summed E-state index contributed by atoms with van der Waals surface area (Å²) >= 11 is 0. The van der Waals surface area contributed by atoms with Gasteiger partial charge in [-0.15, -0.1) is 0 Å². The maximum absolute atomic E-state index is 14.0. The maximum Gasteiger partial charge on any atom is 0.211 e. The van der Waals surface area contributed by atoms with E-state index in [1.807, 2.05) is 0 Å². The zero-order valence-electron chi connectivity index (χ0n) is 15.3. The van der Waals surface area contributed by atoms with E-state index in [0.29, 0.717) is 18.1 Å².